The Morgan fingerprint density at radius 2 is 2.10 bits per heavy atom. The lowest BCUT2D eigenvalue weighted by Gasteiger charge is -2.35. The van der Waals surface area contributed by atoms with Crippen LogP contribution in [0.25, 0.3) is 0 Å². The summed E-state index contributed by atoms with van der Waals surface area (Å²) in [6, 6.07) is -1.14. The van der Waals surface area contributed by atoms with Crippen LogP contribution in [0.4, 0.5) is 4.79 Å². The van der Waals surface area contributed by atoms with Gasteiger partial charge in [0.25, 0.3) is 0 Å². The Morgan fingerprint density at radius 1 is 1.38 bits per heavy atom. The molecule has 2 N–H and O–H groups in total. The Kier molecular flexibility index (Phi) is 6.98. The first-order chi connectivity index (χ1) is 9.95. The monoisotopic (exact) mass is 300 g/mol. The van der Waals surface area contributed by atoms with Gasteiger partial charge in [0.1, 0.15) is 6.04 Å². The van der Waals surface area contributed by atoms with Gasteiger partial charge < -0.3 is 20.1 Å². The van der Waals surface area contributed by atoms with E-state index in [-0.39, 0.29) is 18.4 Å². The number of urea groups is 1. The summed E-state index contributed by atoms with van der Waals surface area (Å²) in [5.74, 6) is -0.954. The van der Waals surface area contributed by atoms with E-state index in [2.05, 4.69) is 5.32 Å². The number of nitrogens with one attached hydrogen (secondary N) is 1. The lowest BCUT2D eigenvalue weighted by molar-refractivity contribution is -0.144. The molecule has 1 fully saturated rings. The first kappa shape index (κ1) is 17.3. The van der Waals surface area contributed by atoms with Gasteiger partial charge in [-0.25, -0.2) is 9.59 Å². The molecule has 0 aliphatic carbocycles. The van der Waals surface area contributed by atoms with Crippen LogP contribution in [0.1, 0.15) is 39.5 Å². The molecule has 2 atom stereocenters. The highest BCUT2D eigenvalue weighted by Gasteiger charge is 2.34. The molecule has 0 radical (unpaired) electrons. The van der Waals surface area contributed by atoms with Crippen LogP contribution in [0.3, 0.4) is 0 Å². The summed E-state index contributed by atoms with van der Waals surface area (Å²) in [4.78, 5) is 35.8. The van der Waals surface area contributed by atoms with E-state index in [9.17, 15) is 19.5 Å². The summed E-state index contributed by atoms with van der Waals surface area (Å²) >= 11 is 0. The maximum Gasteiger partial charge on any atom is 0.326 e. The third kappa shape index (κ3) is 5.61. The van der Waals surface area contributed by atoms with Crippen LogP contribution < -0.4 is 5.32 Å². The average Bonchev–Trinajstić information content (AvgIpc) is 2.43. The van der Waals surface area contributed by atoms with E-state index in [4.69, 9.17) is 4.74 Å². The van der Waals surface area contributed by atoms with Gasteiger partial charge in [-0.15, -0.1) is 0 Å². The molecule has 1 aliphatic heterocycles. The molecule has 1 saturated heterocycles. The number of aliphatic carboxylic acids is 1. The van der Waals surface area contributed by atoms with Crippen molar-refractivity contribution >= 4 is 18.0 Å². The second-order valence-corrected chi connectivity index (χ2v) is 5.32. The highest BCUT2D eigenvalue weighted by atomic mass is 16.5. The minimum atomic E-state index is -0.969. The Hall–Kier alpha value is -1.79. The molecular formula is C14H24N2O5. The largest absolute Gasteiger partial charge is 0.480 e. The highest BCUT2D eigenvalue weighted by Crippen LogP contribution is 2.22. The van der Waals surface area contributed by atoms with E-state index in [1.807, 2.05) is 6.92 Å². The Balaban J connectivity index is 2.36. The predicted molar refractivity (Wildman–Crippen MR) is 75.8 cm³/mol. The molecular weight excluding hydrogens is 276 g/mol. The fourth-order valence-electron chi connectivity index (χ4n) is 2.38. The topological polar surface area (TPSA) is 95.9 Å². The number of nitrogens with zero attached hydrogens (tertiary/aromatic N) is 1. The Bertz CT molecular complexity index is 386. The summed E-state index contributed by atoms with van der Waals surface area (Å²) in [7, 11) is 0. The maximum atomic E-state index is 12.0. The standard InChI is InChI=1S/C14H24N2O5/c1-3-21-12(17)5-4-7-15-14(20)16-8-6-10(2)9-11(16)13(18)19/h10-11H,3-9H2,1-2H3,(H,15,20)(H,18,19). The first-order valence-electron chi connectivity index (χ1n) is 7.38. The summed E-state index contributed by atoms with van der Waals surface area (Å²) < 4.78 is 4.79. The number of hydrogen-bond donors (Lipinski definition) is 2. The van der Waals surface area contributed by atoms with E-state index in [0.29, 0.717) is 38.5 Å². The highest BCUT2D eigenvalue weighted by molar-refractivity contribution is 5.82. The molecule has 0 aromatic carbocycles. The second-order valence-electron chi connectivity index (χ2n) is 5.32. The van der Waals surface area contributed by atoms with Gasteiger partial charge in [0, 0.05) is 19.5 Å². The van der Waals surface area contributed by atoms with E-state index in [1.54, 1.807) is 6.92 Å². The van der Waals surface area contributed by atoms with Gasteiger partial charge in [0.05, 0.1) is 6.61 Å². The second kappa shape index (κ2) is 8.49. The van der Waals surface area contributed by atoms with Crippen LogP contribution in [0, 0.1) is 5.92 Å². The van der Waals surface area contributed by atoms with Gasteiger partial charge in [0.2, 0.25) is 0 Å². The number of hydrogen-bond acceptors (Lipinski definition) is 4. The molecule has 2 unspecified atom stereocenters. The zero-order valence-electron chi connectivity index (χ0n) is 12.6. The van der Waals surface area contributed by atoms with Crippen molar-refractivity contribution in [1.82, 2.24) is 10.2 Å². The molecule has 0 aromatic heterocycles. The molecule has 2 amide bonds. The number of amides is 2. The number of carboxylic acid groups (broad SMARTS) is 1. The number of rotatable bonds is 6. The van der Waals surface area contributed by atoms with Crippen molar-refractivity contribution in [3.8, 4) is 0 Å². The number of carbonyl (C=O) groups excluding carboxylic acids is 2. The Labute approximate surface area is 124 Å². The van der Waals surface area contributed by atoms with Gasteiger partial charge in [-0.1, -0.05) is 6.92 Å². The van der Waals surface area contributed by atoms with Gasteiger partial charge in [0.15, 0.2) is 0 Å². The number of esters is 1. The predicted octanol–water partition coefficient (Wildman–Crippen LogP) is 1.22. The zero-order chi connectivity index (χ0) is 15.8. The molecule has 120 valence electrons. The van der Waals surface area contributed by atoms with Crippen LogP contribution in [-0.4, -0.2) is 53.7 Å². The van der Waals surface area contributed by atoms with Crippen molar-refractivity contribution in [1.29, 1.82) is 0 Å². The fourth-order valence-corrected chi connectivity index (χ4v) is 2.38. The molecule has 1 aliphatic rings. The number of ether oxygens (including phenoxy) is 1. The van der Waals surface area contributed by atoms with Gasteiger partial charge in [-0.2, -0.15) is 0 Å². The number of piperidine rings is 1. The SMILES string of the molecule is CCOC(=O)CCCNC(=O)N1CCC(C)CC1C(=O)O. The maximum absolute atomic E-state index is 12.0. The quantitative estimate of drug-likeness (QED) is 0.568. The van der Waals surface area contributed by atoms with Gasteiger partial charge in [-0.05, 0) is 32.1 Å². The molecule has 0 bridgehead atoms. The summed E-state index contributed by atoms with van der Waals surface area (Å²) in [6.07, 6.45) is 2.01. The van der Waals surface area contributed by atoms with E-state index in [0.717, 1.165) is 6.42 Å². The van der Waals surface area contributed by atoms with Crippen LogP contribution in [0.2, 0.25) is 0 Å². The molecule has 7 nitrogen and oxygen atoms in total. The molecule has 0 spiro atoms. The molecule has 1 heterocycles. The van der Waals surface area contributed by atoms with Crippen molar-refractivity contribution in [2.75, 3.05) is 19.7 Å². The summed E-state index contributed by atoms with van der Waals surface area (Å²) in [6.45, 7) is 4.85. The lowest BCUT2D eigenvalue weighted by Crippen LogP contribution is -2.53. The van der Waals surface area contributed by atoms with Crippen molar-refractivity contribution < 1.29 is 24.2 Å². The van der Waals surface area contributed by atoms with Gasteiger partial charge in [-0.3, -0.25) is 4.79 Å². The lowest BCUT2D eigenvalue weighted by atomic mass is 9.93. The van der Waals surface area contributed by atoms with Crippen molar-refractivity contribution in [3.05, 3.63) is 0 Å². The summed E-state index contributed by atoms with van der Waals surface area (Å²) in [5, 5.41) is 11.9. The van der Waals surface area contributed by atoms with Gasteiger partial charge >= 0.3 is 18.0 Å². The third-order valence-corrected chi connectivity index (χ3v) is 3.55. The molecule has 7 heteroatoms. The van der Waals surface area contributed by atoms with Crippen molar-refractivity contribution in [2.45, 2.75) is 45.6 Å². The Morgan fingerprint density at radius 3 is 2.71 bits per heavy atom. The molecule has 0 saturated carbocycles. The average molecular weight is 300 g/mol. The minimum absolute atomic E-state index is 0.244. The zero-order valence-corrected chi connectivity index (χ0v) is 12.6. The van der Waals surface area contributed by atoms with Crippen LogP contribution >= 0.6 is 0 Å². The third-order valence-electron chi connectivity index (χ3n) is 3.55. The molecule has 1 rings (SSSR count). The molecule has 0 aromatic rings. The van der Waals surface area contributed by atoms with Crippen molar-refractivity contribution in [3.63, 3.8) is 0 Å². The normalized spacial score (nSPS) is 21.7. The number of carboxylic acids is 1. The first-order valence-corrected chi connectivity index (χ1v) is 7.38. The number of likely N-dealkylation sites (tertiary alicyclic amines) is 1. The fraction of sp³-hybridized carbons (Fsp3) is 0.786. The van der Waals surface area contributed by atoms with E-state index in [1.165, 1.54) is 4.90 Å². The number of carbonyl (C=O) groups is 3. The van der Waals surface area contributed by atoms with E-state index < -0.39 is 12.0 Å². The van der Waals surface area contributed by atoms with Crippen molar-refractivity contribution in [2.24, 2.45) is 5.92 Å². The smallest absolute Gasteiger partial charge is 0.326 e. The van der Waals surface area contributed by atoms with Crippen LogP contribution in [0.15, 0.2) is 0 Å². The van der Waals surface area contributed by atoms with Crippen LogP contribution in [0.5, 0.6) is 0 Å². The minimum Gasteiger partial charge on any atom is -0.480 e. The summed E-state index contributed by atoms with van der Waals surface area (Å²) in [5.41, 5.74) is 0. The van der Waals surface area contributed by atoms with Crippen LogP contribution in [-0.2, 0) is 14.3 Å². The van der Waals surface area contributed by atoms with E-state index >= 15 is 0 Å². The molecule has 21 heavy (non-hydrogen) atoms.